The summed E-state index contributed by atoms with van der Waals surface area (Å²) in [7, 11) is 0. The molecule has 0 bridgehead atoms. The first-order chi connectivity index (χ1) is 7.96. The fraction of sp³-hybridized carbons (Fsp3) is 0.538. The maximum atomic E-state index is 11.9. The molecule has 0 fully saturated rings. The lowest BCUT2D eigenvalue weighted by atomic mass is 9.90. The quantitative estimate of drug-likeness (QED) is 0.821. The van der Waals surface area contributed by atoms with E-state index >= 15 is 0 Å². The maximum absolute atomic E-state index is 11.9. The number of pyridine rings is 1. The van der Waals surface area contributed by atoms with Gasteiger partial charge in [0.15, 0.2) is 0 Å². The largest absolute Gasteiger partial charge is 0.350 e. The van der Waals surface area contributed by atoms with Gasteiger partial charge in [-0.2, -0.15) is 0 Å². The highest BCUT2D eigenvalue weighted by Gasteiger charge is 2.19. The van der Waals surface area contributed by atoms with Gasteiger partial charge in [-0.25, -0.2) is 0 Å². The number of aromatic nitrogens is 1. The van der Waals surface area contributed by atoms with Crippen molar-refractivity contribution in [2.24, 2.45) is 5.41 Å². The minimum atomic E-state index is -0.120. The van der Waals surface area contributed by atoms with Crippen LogP contribution in [0.1, 0.15) is 36.3 Å². The molecule has 0 unspecified atom stereocenters. The number of halogens is 1. The van der Waals surface area contributed by atoms with Crippen LogP contribution in [0.15, 0.2) is 18.3 Å². The van der Waals surface area contributed by atoms with Crippen LogP contribution in [0, 0.1) is 12.3 Å². The van der Waals surface area contributed by atoms with Gasteiger partial charge in [-0.3, -0.25) is 9.78 Å². The average Bonchev–Trinajstić information content (AvgIpc) is 2.27. The standard InChI is InChI=1S/C13H19ClN2O/c1-10-5-4-8-15-11(10)12(17)16-9-13(2,3)6-7-14/h4-5,8H,6-7,9H2,1-3H3,(H,16,17). The molecule has 0 saturated carbocycles. The van der Waals surface area contributed by atoms with Crippen molar-refractivity contribution in [3.05, 3.63) is 29.6 Å². The van der Waals surface area contributed by atoms with E-state index in [0.717, 1.165) is 12.0 Å². The first kappa shape index (κ1) is 14.0. The number of amides is 1. The summed E-state index contributed by atoms with van der Waals surface area (Å²) >= 11 is 5.72. The molecule has 0 aliphatic rings. The third-order valence-electron chi connectivity index (χ3n) is 2.72. The molecule has 0 aromatic carbocycles. The summed E-state index contributed by atoms with van der Waals surface area (Å²) in [6.07, 6.45) is 2.50. The molecule has 1 aromatic heterocycles. The van der Waals surface area contributed by atoms with E-state index in [4.69, 9.17) is 11.6 Å². The molecule has 4 heteroatoms. The molecule has 1 heterocycles. The Hall–Kier alpha value is -1.09. The highest BCUT2D eigenvalue weighted by Crippen LogP contribution is 2.19. The number of hydrogen-bond donors (Lipinski definition) is 1. The zero-order chi connectivity index (χ0) is 12.9. The summed E-state index contributed by atoms with van der Waals surface area (Å²) in [5.41, 5.74) is 1.40. The molecule has 0 aliphatic carbocycles. The Morgan fingerprint density at radius 2 is 2.24 bits per heavy atom. The minimum absolute atomic E-state index is 0.0140. The van der Waals surface area contributed by atoms with E-state index in [1.54, 1.807) is 6.20 Å². The van der Waals surface area contributed by atoms with Crippen LogP contribution in [0.3, 0.4) is 0 Å². The molecule has 0 aliphatic heterocycles. The summed E-state index contributed by atoms with van der Waals surface area (Å²) in [5.74, 6) is 0.483. The van der Waals surface area contributed by atoms with Crippen molar-refractivity contribution in [3.63, 3.8) is 0 Å². The molecule has 1 rings (SSSR count). The number of rotatable bonds is 5. The maximum Gasteiger partial charge on any atom is 0.270 e. The van der Waals surface area contributed by atoms with Gasteiger partial charge in [-0.15, -0.1) is 11.6 Å². The smallest absolute Gasteiger partial charge is 0.270 e. The Morgan fingerprint density at radius 1 is 1.53 bits per heavy atom. The van der Waals surface area contributed by atoms with E-state index < -0.39 is 0 Å². The lowest BCUT2D eigenvalue weighted by Gasteiger charge is -2.23. The normalized spacial score (nSPS) is 11.3. The van der Waals surface area contributed by atoms with Gasteiger partial charge in [-0.05, 0) is 30.4 Å². The van der Waals surface area contributed by atoms with Gasteiger partial charge in [0.2, 0.25) is 0 Å². The van der Waals surface area contributed by atoms with Crippen molar-refractivity contribution in [2.45, 2.75) is 27.2 Å². The van der Waals surface area contributed by atoms with Gasteiger partial charge in [0.05, 0.1) is 0 Å². The third kappa shape index (κ3) is 4.35. The SMILES string of the molecule is Cc1cccnc1C(=O)NCC(C)(C)CCCl. The molecule has 17 heavy (non-hydrogen) atoms. The van der Waals surface area contributed by atoms with E-state index in [0.29, 0.717) is 18.1 Å². The van der Waals surface area contributed by atoms with Gasteiger partial charge in [0.1, 0.15) is 5.69 Å². The van der Waals surface area contributed by atoms with Crippen LogP contribution in [0.25, 0.3) is 0 Å². The zero-order valence-electron chi connectivity index (χ0n) is 10.6. The van der Waals surface area contributed by atoms with Crippen LogP contribution < -0.4 is 5.32 Å². The van der Waals surface area contributed by atoms with Crippen LogP contribution in [-0.4, -0.2) is 23.3 Å². The van der Waals surface area contributed by atoms with Crippen LogP contribution in [0.5, 0.6) is 0 Å². The Balaban J connectivity index is 2.59. The Morgan fingerprint density at radius 3 is 2.82 bits per heavy atom. The molecule has 1 amide bonds. The van der Waals surface area contributed by atoms with Gasteiger partial charge in [-0.1, -0.05) is 19.9 Å². The zero-order valence-corrected chi connectivity index (χ0v) is 11.3. The second-order valence-corrected chi connectivity index (χ2v) is 5.33. The minimum Gasteiger partial charge on any atom is -0.350 e. The second kappa shape index (κ2) is 6.01. The highest BCUT2D eigenvalue weighted by atomic mass is 35.5. The van der Waals surface area contributed by atoms with Gasteiger partial charge >= 0.3 is 0 Å². The lowest BCUT2D eigenvalue weighted by Crippen LogP contribution is -2.35. The molecular weight excluding hydrogens is 236 g/mol. The summed E-state index contributed by atoms with van der Waals surface area (Å²) in [4.78, 5) is 16.0. The fourth-order valence-corrected chi connectivity index (χ4v) is 1.98. The van der Waals surface area contributed by atoms with Crippen molar-refractivity contribution in [1.82, 2.24) is 10.3 Å². The predicted octanol–water partition coefficient (Wildman–Crippen LogP) is 2.77. The van der Waals surface area contributed by atoms with E-state index in [9.17, 15) is 4.79 Å². The average molecular weight is 255 g/mol. The van der Waals surface area contributed by atoms with E-state index in [-0.39, 0.29) is 11.3 Å². The van der Waals surface area contributed by atoms with Crippen molar-refractivity contribution in [3.8, 4) is 0 Å². The van der Waals surface area contributed by atoms with Crippen molar-refractivity contribution >= 4 is 17.5 Å². The lowest BCUT2D eigenvalue weighted by molar-refractivity contribution is 0.0930. The van der Waals surface area contributed by atoms with Gasteiger partial charge < -0.3 is 5.32 Å². The van der Waals surface area contributed by atoms with Gasteiger partial charge in [0.25, 0.3) is 5.91 Å². The molecule has 94 valence electrons. The number of hydrogen-bond acceptors (Lipinski definition) is 2. The van der Waals surface area contributed by atoms with Crippen molar-refractivity contribution in [1.29, 1.82) is 0 Å². The number of aryl methyl sites for hydroxylation is 1. The monoisotopic (exact) mass is 254 g/mol. The molecule has 1 aromatic rings. The van der Waals surface area contributed by atoms with Crippen LogP contribution in [-0.2, 0) is 0 Å². The molecule has 0 radical (unpaired) electrons. The van der Waals surface area contributed by atoms with E-state index in [2.05, 4.69) is 24.1 Å². The molecule has 0 spiro atoms. The van der Waals surface area contributed by atoms with Crippen LogP contribution >= 0.6 is 11.6 Å². The van der Waals surface area contributed by atoms with Gasteiger partial charge in [0, 0.05) is 18.6 Å². The summed E-state index contributed by atoms with van der Waals surface area (Å²) in [6.45, 7) is 6.66. The highest BCUT2D eigenvalue weighted by molar-refractivity contribution is 6.17. The number of carbonyl (C=O) groups excluding carboxylic acids is 1. The number of alkyl halides is 1. The Labute approximate surface area is 108 Å². The Kier molecular flexibility index (Phi) is 4.94. The summed E-state index contributed by atoms with van der Waals surface area (Å²) in [5, 5.41) is 2.90. The van der Waals surface area contributed by atoms with Crippen LogP contribution in [0.2, 0.25) is 0 Å². The van der Waals surface area contributed by atoms with Crippen LogP contribution in [0.4, 0.5) is 0 Å². The van der Waals surface area contributed by atoms with E-state index in [1.165, 1.54) is 0 Å². The fourth-order valence-electron chi connectivity index (χ4n) is 1.47. The Bertz CT molecular complexity index is 391. The summed E-state index contributed by atoms with van der Waals surface area (Å²) in [6, 6.07) is 3.70. The topological polar surface area (TPSA) is 42.0 Å². The second-order valence-electron chi connectivity index (χ2n) is 4.95. The molecular formula is C13H19ClN2O. The number of carbonyl (C=O) groups is 1. The van der Waals surface area contributed by atoms with E-state index in [1.807, 2.05) is 19.1 Å². The molecule has 1 N–H and O–H groups in total. The first-order valence-corrected chi connectivity index (χ1v) is 6.25. The molecule has 0 atom stereocenters. The van der Waals surface area contributed by atoms with Crippen molar-refractivity contribution < 1.29 is 4.79 Å². The predicted molar refractivity (Wildman–Crippen MR) is 70.4 cm³/mol. The molecule has 3 nitrogen and oxygen atoms in total. The molecule has 0 saturated heterocycles. The number of nitrogens with zero attached hydrogens (tertiary/aromatic N) is 1. The first-order valence-electron chi connectivity index (χ1n) is 5.72. The number of nitrogens with one attached hydrogen (secondary N) is 1. The third-order valence-corrected chi connectivity index (χ3v) is 2.91. The summed E-state index contributed by atoms with van der Waals surface area (Å²) < 4.78 is 0. The van der Waals surface area contributed by atoms with Crippen molar-refractivity contribution in [2.75, 3.05) is 12.4 Å².